The average molecular weight is 208 g/mol. The van der Waals surface area contributed by atoms with Crippen molar-refractivity contribution < 1.29 is 18.0 Å². The first-order valence-corrected chi connectivity index (χ1v) is 4.16. The molecule has 6 heteroatoms. The number of amides is 1. The maximum atomic E-state index is 11.7. The van der Waals surface area contributed by atoms with E-state index in [1.165, 1.54) is 0 Å². The number of nitrogens with one attached hydrogen (secondary N) is 1. The Bertz CT molecular complexity index is 232. The van der Waals surface area contributed by atoms with Crippen LogP contribution in [0.3, 0.4) is 0 Å². The molecule has 80 valence electrons. The molecular weight excluding hydrogens is 197 g/mol. The molecule has 0 saturated heterocycles. The van der Waals surface area contributed by atoms with E-state index in [1.807, 2.05) is 13.0 Å². The van der Waals surface area contributed by atoms with Crippen molar-refractivity contribution in [2.24, 2.45) is 5.92 Å². The first kappa shape index (κ1) is 12.8. The number of hydrogen-bond donors (Lipinski definition) is 1. The Morgan fingerprint density at radius 3 is 2.50 bits per heavy atom. The van der Waals surface area contributed by atoms with Crippen LogP contribution in [0.2, 0.25) is 0 Å². The second-order valence-electron chi connectivity index (χ2n) is 2.82. The van der Waals surface area contributed by atoms with Crippen LogP contribution in [0, 0.1) is 17.2 Å². The van der Waals surface area contributed by atoms with Crippen molar-refractivity contribution in [3.8, 4) is 6.07 Å². The van der Waals surface area contributed by atoms with Gasteiger partial charge >= 0.3 is 12.1 Å². The Labute approximate surface area is 79.9 Å². The standard InChI is InChI=1S/C8H11F3N2O/c1-2-3-6(4-12)5-13-7(14)8(9,10)11/h6H,2-3,5H2,1H3,(H,13,14)/t6-/m0/s1. The van der Waals surface area contributed by atoms with Gasteiger partial charge in [-0.3, -0.25) is 4.79 Å². The zero-order valence-electron chi connectivity index (χ0n) is 7.69. The van der Waals surface area contributed by atoms with E-state index in [0.29, 0.717) is 12.8 Å². The van der Waals surface area contributed by atoms with Crippen LogP contribution < -0.4 is 5.32 Å². The van der Waals surface area contributed by atoms with Gasteiger partial charge in [0.15, 0.2) is 0 Å². The highest BCUT2D eigenvalue weighted by molar-refractivity contribution is 5.81. The predicted molar refractivity (Wildman–Crippen MR) is 43.1 cm³/mol. The molecule has 0 fully saturated rings. The van der Waals surface area contributed by atoms with Crippen LogP contribution in [0.25, 0.3) is 0 Å². The van der Waals surface area contributed by atoms with Gasteiger partial charge in [-0.05, 0) is 6.42 Å². The van der Waals surface area contributed by atoms with Crippen LogP contribution in [0.5, 0.6) is 0 Å². The van der Waals surface area contributed by atoms with E-state index in [0.717, 1.165) is 0 Å². The quantitative estimate of drug-likeness (QED) is 0.762. The molecule has 0 aliphatic rings. The lowest BCUT2D eigenvalue weighted by Crippen LogP contribution is -2.39. The number of alkyl halides is 3. The maximum absolute atomic E-state index is 11.7. The number of hydrogen-bond acceptors (Lipinski definition) is 2. The molecule has 14 heavy (non-hydrogen) atoms. The zero-order chi connectivity index (χ0) is 11.2. The number of halogens is 3. The first-order valence-electron chi connectivity index (χ1n) is 4.16. The highest BCUT2D eigenvalue weighted by Gasteiger charge is 2.38. The molecule has 0 saturated carbocycles. The molecule has 0 aromatic heterocycles. The summed E-state index contributed by atoms with van der Waals surface area (Å²) in [5, 5.41) is 10.2. The van der Waals surface area contributed by atoms with E-state index in [-0.39, 0.29) is 6.54 Å². The van der Waals surface area contributed by atoms with E-state index in [9.17, 15) is 18.0 Å². The first-order chi connectivity index (χ1) is 6.41. The summed E-state index contributed by atoms with van der Waals surface area (Å²) in [7, 11) is 0. The molecular formula is C8H11F3N2O. The van der Waals surface area contributed by atoms with Crippen molar-refractivity contribution in [2.75, 3.05) is 6.54 Å². The molecule has 0 aromatic rings. The largest absolute Gasteiger partial charge is 0.471 e. The van der Waals surface area contributed by atoms with Gasteiger partial charge in [-0.2, -0.15) is 18.4 Å². The Morgan fingerprint density at radius 1 is 1.57 bits per heavy atom. The topological polar surface area (TPSA) is 52.9 Å². The SMILES string of the molecule is CCC[C@@H](C#N)CNC(=O)C(F)(F)F. The molecule has 0 spiro atoms. The highest BCUT2D eigenvalue weighted by Crippen LogP contribution is 2.14. The fourth-order valence-corrected chi connectivity index (χ4v) is 0.877. The van der Waals surface area contributed by atoms with Gasteiger partial charge in [-0.15, -0.1) is 0 Å². The Hall–Kier alpha value is -1.25. The van der Waals surface area contributed by atoms with Gasteiger partial charge in [-0.25, -0.2) is 0 Å². The molecule has 0 heterocycles. The Balaban J connectivity index is 3.93. The summed E-state index contributed by atoms with van der Waals surface area (Å²) in [6.45, 7) is 1.57. The lowest BCUT2D eigenvalue weighted by molar-refractivity contribution is -0.173. The number of carbonyl (C=O) groups excluding carboxylic acids is 1. The lowest BCUT2D eigenvalue weighted by atomic mass is 10.1. The van der Waals surface area contributed by atoms with Crippen molar-refractivity contribution in [1.29, 1.82) is 5.26 Å². The minimum atomic E-state index is -4.87. The smallest absolute Gasteiger partial charge is 0.347 e. The van der Waals surface area contributed by atoms with Gasteiger partial charge in [0.25, 0.3) is 0 Å². The second kappa shape index (κ2) is 5.47. The lowest BCUT2D eigenvalue weighted by Gasteiger charge is -2.10. The summed E-state index contributed by atoms with van der Waals surface area (Å²) in [5.41, 5.74) is 0. The average Bonchev–Trinajstić information content (AvgIpc) is 2.10. The molecule has 1 N–H and O–H groups in total. The predicted octanol–water partition coefficient (Wildman–Crippen LogP) is 1.60. The van der Waals surface area contributed by atoms with E-state index < -0.39 is 18.0 Å². The fraction of sp³-hybridized carbons (Fsp3) is 0.750. The van der Waals surface area contributed by atoms with Gasteiger partial charge in [0.2, 0.25) is 0 Å². The monoisotopic (exact) mass is 208 g/mol. The zero-order valence-corrected chi connectivity index (χ0v) is 7.69. The minimum absolute atomic E-state index is 0.247. The van der Waals surface area contributed by atoms with Crippen molar-refractivity contribution in [2.45, 2.75) is 25.9 Å². The molecule has 0 aromatic carbocycles. The molecule has 0 radical (unpaired) electrons. The van der Waals surface area contributed by atoms with Crippen molar-refractivity contribution >= 4 is 5.91 Å². The number of rotatable bonds is 4. The number of carbonyl (C=O) groups is 1. The van der Waals surface area contributed by atoms with Gasteiger partial charge in [0, 0.05) is 6.54 Å². The Kier molecular flexibility index (Phi) is 4.99. The molecule has 1 amide bonds. The number of nitriles is 1. The minimum Gasteiger partial charge on any atom is -0.347 e. The van der Waals surface area contributed by atoms with Crippen molar-refractivity contribution in [1.82, 2.24) is 5.32 Å². The van der Waals surface area contributed by atoms with Crippen LogP contribution >= 0.6 is 0 Å². The molecule has 0 bridgehead atoms. The molecule has 0 rings (SSSR count). The van der Waals surface area contributed by atoms with Crippen LogP contribution in [0.4, 0.5) is 13.2 Å². The third-order valence-electron chi connectivity index (χ3n) is 1.59. The van der Waals surface area contributed by atoms with Crippen LogP contribution in [0.15, 0.2) is 0 Å². The fourth-order valence-electron chi connectivity index (χ4n) is 0.877. The van der Waals surface area contributed by atoms with E-state index in [2.05, 4.69) is 0 Å². The maximum Gasteiger partial charge on any atom is 0.471 e. The molecule has 1 atom stereocenters. The van der Waals surface area contributed by atoms with Gasteiger partial charge in [0.05, 0.1) is 12.0 Å². The van der Waals surface area contributed by atoms with Gasteiger partial charge in [-0.1, -0.05) is 13.3 Å². The Morgan fingerprint density at radius 2 is 2.14 bits per heavy atom. The van der Waals surface area contributed by atoms with Crippen molar-refractivity contribution in [3.63, 3.8) is 0 Å². The summed E-state index contributed by atoms with van der Waals surface area (Å²) in [5.74, 6) is -2.54. The van der Waals surface area contributed by atoms with E-state index >= 15 is 0 Å². The van der Waals surface area contributed by atoms with E-state index in [1.54, 1.807) is 5.32 Å². The van der Waals surface area contributed by atoms with Gasteiger partial charge < -0.3 is 5.32 Å². The third-order valence-corrected chi connectivity index (χ3v) is 1.59. The highest BCUT2D eigenvalue weighted by atomic mass is 19.4. The third kappa shape index (κ3) is 4.70. The van der Waals surface area contributed by atoms with Gasteiger partial charge in [0.1, 0.15) is 0 Å². The molecule has 0 aliphatic carbocycles. The number of nitrogens with zero attached hydrogens (tertiary/aromatic N) is 1. The van der Waals surface area contributed by atoms with Crippen LogP contribution in [-0.4, -0.2) is 18.6 Å². The normalized spacial score (nSPS) is 13.1. The summed E-state index contributed by atoms with van der Waals surface area (Å²) < 4.78 is 35.1. The summed E-state index contributed by atoms with van der Waals surface area (Å²) in [4.78, 5) is 10.3. The summed E-state index contributed by atoms with van der Waals surface area (Å²) in [6, 6.07) is 1.83. The molecule has 3 nitrogen and oxygen atoms in total. The van der Waals surface area contributed by atoms with Crippen molar-refractivity contribution in [3.05, 3.63) is 0 Å². The summed E-state index contributed by atoms with van der Waals surface area (Å²) >= 11 is 0. The van der Waals surface area contributed by atoms with Crippen LogP contribution in [0.1, 0.15) is 19.8 Å². The second-order valence-corrected chi connectivity index (χ2v) is 2.82. The summed E-state index contributed by atoms with van der Waals surface area (Å²) in [6.07, 6.45) is -3.69. The molecule has 0 unspecified atom stereocenters. The van der Waals surface area contributed by atoms with Crippen LogP contribution in [-0.2, 0) is 4.79 Å². The molecule has 0 aliphatic heterocycles. The van der Waals surface area contributed by atoms with E-state index in [4.69, 9.17) is 5.26 Å².